The first-order valence-electron chi connectivity index (χ1n) is 4.70. The first-order valence-corrected chi connectivity index (χ1v) is 4.70. The van der Waals surface area contributed by atoms with Crippen LogP contribution in [0.15, 0.2) is 16.1 Å². The van der Waals surface area contributed by atoms with Gasteiger partial charge in [-0.05, 0) is 13.8 Å². The Balaban J connectivity index is 2.24. The summed E-state index contributed by atoms with van der Waals surface area (Å²) in [4.78, 5) is 11.0. The molecular weight excluding hydrogens is 178 g/mol. The highest BCUT2D eigenvalue weighted by atomic mass is 15.5. The summed E-state index contributed by atoms with van der Waals surface area (Å²) in [5.41, 5.74) is 0.980. The van der Waals surface area contributed by atoms with Crippen LogP contribution in [0.25, 0.3) is 0 Å². The van der Waals surface area contributed by atoms with Gasteiger partial charge in [-0.25, -0.2) is 9.98 Å². The Morgan fingerprint density at radius 2 is 2.21 bits per heavy atom. The second-order valence-electron chi connectivity index (χ2n) is 3.55. The highest BCUT2D eigenvalue weighted by Gasteiger charge is 2.27. The summed E-state index contributed by atoms with van der Waals surface area (Å²) >= 11 is 0. The fourth-order valence-electron chi connectivity index (χ4n) is 1.86. The minimum Gasteiger partial charge on any atom is -0.297 e. The van der Waals surface area contributed by atoms with Crippen LogP contribution < -0.4 is 0 Å². The van der Waals surface area contributed by atoms with Crippen LogP contribution in [-0.2, 0) is 0 Å². The molecule has 0 fully saturated rings. The molecule has 3 rings (SSSR count). The number of aliphatic imine (C=N–C) groups is 2. The van der Waals surface area contributed by atoms with Crippen LogP contribution in [0, 0.1) is 6.92 Å². The molecule has 0 unspecified atom stereocenters. The molecule has 0 amide bonds. The first kappa shape index (κ1) is 7.73. The van der Waals surface area contributed by atoms with Crippen molar-refractivity contribution < 1.29 is 0 Å². The van der Waals surface area contributed by atoms with E-state index in [1.54, 1.807) is 0 Å². The summed E-state index contributed by atoms with van der Waals surface area (Å²) in [6.07, 6.45) is 0. The van der Waals surface area contributed by atoms with Gasteiger partial charge >= 0.3 is 0 Å². The van der Waals surface area contributed by atoms with E-state index in [2.05, 4.69) is 20.0 Å². The lowest BCUT2D eigenvalue weighted by atomic mass is 10.4. The number of rotatable bonds is 0. The predicted molar refractivity (Wildman–Crippen MR) is 54.1 cm³/mol. The molecule has 72 valence electrons. The Hall–Kier alpha value is -1.65. The molecule has 0 radical (unpaired) electrons. The second-order valence-corrected chi connectivity index (χ2v) is 3.55. The molecular formula is C9H11N5. The largest absolute Gasteiger partial charge is 0.297 e. The van der Waals surface area contributed by atoms with Crippen LogP contribution >= 0.6 is 0 Å². The molecule has 5 heteroatoms. The highest BCUT2D eigenvalue weighted by molar-refractivity contribution is 6.04. The topological polar surface area (TPSA) is 45.8 Å². The lowest BCUT2D eigenvalue weighted by Gasteiger charge is -2.23. The van der Waals surface area contributed by atoms with Gasteiger partial charge in [0, 0.05) is 12.6 Å². The lowest BCUT2D eigenvalue weighted by molar-refractivity contribution is 0.617. The summed E-state index contributed by atoms with van der Waals surface area (Å²) in [5.74, 6) is 2.81. The normalized spacial score (nSPS) is 18.9. The highest BCUT2D eigenvalue weighted by Crippen LogP contribution is 2.22. The Morgan fingerprint density at radius 1 is 1.36 bits per heavy atom. The molecule has 3 heterocycles. The molecule has 5 nitrogen and oxygen atoms in total. The maximum Gasteiger partial charge on any atom is 0.229 e. The van der Waals surface area contributed by atoms with Gasteiger partial charge in [0.15, 0.2) is 5.82 Å². The van der Waals surface area contributed by atoms with Gasteiger partial charge in [0.2, 0.25) is 5.96 Å². The number of hydrogen-bond acceptors (Lipinski definition) is 4. The van der Waals surface area contributed by atoms with E-state index >= 15 is 0 Å². The lowest BCUT2D eigenvalue weighted by Crippen LogP contribution is -2.39. The van der Waals surface area contributed by atoms with E-state index in [4.69, 9.17) is 0 Å². The van der Waals surface area contributed by atoms with Gasteiger partial charge in [0.1, 0.15) is 5.84 Å². The first-order chi connectivity index (χ1) is 6.75. The maximum absolute atomic E-state index is 4.47. The monoisotopic (exact) mass is 189 g/mol. The number of aromatic nitrogens is 2. The Morgan fingerprint density at radius 3 is 3.07 bits per heavy atom. The van der Waals surface area contributed by atoms with Gasteiger partial charge in [-0.2, -0.15) is 9.78 Å². The molecule has 0 N–H and O–H groups in total. The van der Waals surface area contributed by atoms with Crippen molar-refractivity contribution in [3.8, 4) is 0 Å². The third-order valence-electron chi connectivity index (χ3n) is 2.49. The zero-order chi connectivity index (χ0) is 9.71. The van der Waals surface area contributed by atoms with Crippen molar-refractivity contribution in [3.63, 3.8) is 0 Å². The van der Waals surface area contributed by atoms with E-state index in [1.165, 1.54) is 0 Å². The van der Waals surface area contributed by atoms with Gasteiger partial charge < -0.3 is 0 Å². The average Bonchev–Trinajstić information content (AvgIpc) is 2.69. The van der Waals surface area contributed by atoms with Crippen LogP contribution in [0.1, 0.15) is 12.6 Å². The molecule has 2 aliphatic heterocycles. The van der Waals surface area contributed by atoms with Crippen molar-refractivity contribution in [2.75, 3.05) is 13.1 Å². The third kappa shape index (κ3) is 0.865. The summed E-state index contributed by atoms with van der Waals surface area (Å²) in [6.45, 7) is 5.73. The molecule has 14 heavy (non-hydrogen) atoms. The fraction of sp³-hybridized carbons (Fsp3) is 0.444. The summed E-state index contributed by atoms with van der Waals surface area (Å²) in [5, 5.41) is 4.37. The average molecular weight is 189 g/mol. The standard InChI is InChI=1S/C9H11N5/c1-6-5-8-11-7(2)13-4-3-10-9(13)14(8)12-6/h5H,3-4H2,1-2H3. The molecule has 0 atom stereocenters. The van der Waals surface area contributed by atoms with Crippen LogP contribution in [0.5, 0.6) is 0 Å². The fourth-order valence-corrected chi connectivity index (χ4v) is 1.86. The number of fused-ring (bicyclic) bond motifs is 3. The molecule has 0 bridgehead atoms. The molecule has 2 aliphatic rings. The molecule has 0 saturated carbocycles. The van der Waals surface area contributed by atoms with E-state index in [0.717, 1.165) is 36.4 Å². The van der Waals surface area contributed by atoms with Gasteiger partial charge in [-0.1, -0.05) is 0 Å². The van der Waals surface area contributed by atoms with E-state index < -0.39 is 0 Å². The van der Waals surface area contributed by atoms with Crippen LogP contribution in [0.2, 0.25) is 0 Å². The van der Waals surface area contributed by atoms with Gasteiger partial charge in [-0.15, -0.1) is 0 Å². The zero-order valence-electron chi connectivity index (χ0n) is 8.23. The molecule has 0 saturated heterocycles. The molecule has 1 aromatic heterocycles. The Bertz CT molecular complexity index is 454. The third-order valence-corrected chi connectivity index (χ3v) is 2.49. The number of aryl methyl sites for hydroxylation is 1. The van der Waals surface area contributed by atoms with E-state index in [1.807, 2.05) is 24.6 Å². The zero-order valence-corrected chi connectivity index (χ0v) is 8.23. The Kier molecular flexibility index (Phi) is 1.34. The molecule has 0 aliphatic carbocycles. The minimum atomic E-state index is 0.834. The van der Waals surface area contributed by atoms with E-state index in [9.17, 15) is 0 Å². The van der Waals surface area contributed by atoms with Gasteiger partial charge in [-0.3, -0.25) is 4.90 Å². The van der Waals surface area contributed by atoms with Crippen molar-refractivity contribution in [2.45, 2.75) is 13.8 Å². The number of hydrogen-bond donors (Lipinski definition) is 0. The Labute approximate surface area is 81.8 Å². The smallest absolute Gasteiger partial charge is 0.229 e. The van der Waals surface area contributed by atoms with Crippen molar-refractivity contribution in [3.05, 3.63) is 11.8 Å². The van der Waals surface area contributed by atoms with Crippen molar-refractivity contribution in [2.24, 2.45) is 9.98 Å². The SMILES string of the molecule is CC1=Nc2cc(C)nn2C2=NCCN12. The molecule has 1 aromatic rings. The number of amidine groups is 1. The predicted octanol–water partition coefficient (Wildman–Crippen LogP) is 0.775. The quantitative estimate of drug-likeness (QED) is 0.605. The van der Waals surface area contributed by atoms with Crippen molar-refractivity contribution in [1.29, 1.82) is 0 Å². The summed E-state index contributed by atoms with van der Waals surface area (Å²) in [6, 6.07) is 1.97. The van der Waals surface area contributed by atoms with Gasteiger partial charge in [0.25, 0.3) is 0 Å². The van der Waals surface area contributed by atoms with Crippen LogP contribution in [-0.4, -0.2) is 39.6 Å². The number of nitrogens with zero attached hydrogens (tertiary/aromatic N) is 5. The van der Waals surface area contributed by atoms with E-state index in [0.29, 0.717) is 0 Å². The summed E-state index contributed by atoms with van der Waals surface area (Å²) in [7, 11) is 0. The van der Waals surface area contributed by atoms with Crippen LogP contribution in [0.4, 0.5) is 5.82 Å². The maximum atomic E-state index is 4.47. The summed E-state index contributed by atoms with van der Waals surface area (Å²) < 4.78 is 1.81. The molecule has 0 aromatic carbocycles. The molecule has 0 spiro atoms. The van der Waals surface area contributed by atoms with Crippen molar-refractivity contribution in [1.82, 2.24) is 14.7 Å². The second kappa shape index (κ2) is 2.43. The minimum absolute atomic E-state index is 0.834. The van der Waals surface area contributed by atoms with Crippen molar-refractivity contribution >= 4 is 17.6 Å². The van der Waals surface area contributed by atoms with Gasteiger partial charge in [0.05, 0.1) is 12.2 Å². The van der Waals surface area contributed by atoms with E-state index in [-0.39, 0.29) is 0 Å². The van der Waals surface area contributed by atoms with Crippen LogP contribution in [0.3, 0.4) is 0 Å².